The van der Waals surface area contributed by atoms with Crippen molar-refractivity contribution in [2.24, 2.45) is 0 Å². The Morgan fingerprint density at radius 3 is 2.79 bits per heavy atom. The lowest BCUT2D eigenvalue weighted by Crippen LogP contribution is -2.26. The minimum Gasteiger partial charge on any atom is -0.452 e. The molecule has 1 aliphatic heterocycles. The molecule has 7 nitrogen and oxygen atoms in total. The van der Waals surface area contributed by atoms with Crippen molar-refractivity contribution in [1.82, 2.24) is 4.98 Å². The molecule has 2 aromatic rings. The van der Waals surface area contributed by atoms with E-state index in [2.05, 4.69) is 15.6 Å². The summed E-state index contributed by atoms with van der Waals surface area (Å²) in [7, 11) is 0. The summed E-state index contributed by atoms with van der Waals surface area (Å²) in [6, 6.07) is 6.30. The summed E-state index contributed by atoms with van der Waals surface area (Å²) < 4.78 is 5.03. The summed E-state index contributed by atoms with van der Waals surface area (Å²) in [5, 5.41) is 5.55. The number of nitrogens with zero attached hydrogens (tertiary/aromatic N) is 1. The van der Waals surface area contributed by atoms with Crippen LogP contribution in [0, 0.1) is 6.92 Å². The normalized spacial score (nSPS) is 15.4. The number of amides is 2. The molecule has 0 saturated heterocycles. The first-order valence-electron chi connectivity index (χ1n) is 8.16. The molecule has 0 fully saturated rings. The van der Waals surface area contributed by atoms with Crippen molar-refractivity contribution in [1.29, 1.82) is 0 Å². The zero-order valence-corrected chi connectivity index (χ0v) is 17.2. The van der Waals surface area contributed by atoms with E-state index >= 15 is 0 Å². The third-order valence-corrected chi connectivity index (χ3v) is 5.69. The number of hydrogen-bond donors (Lipinski definition) is 2. The topological polar surface area (TPSA) is 97.4 Å². The van der Waals surface area contributed by atoms with Crippen LogP contribution in [0.25, 0.3) is 0 Å². The van der Waals surface area contributed by atoms with Crippen LogP contribution in [0.3, 0.4) is 0 Å². The largest absolute Gasteiger partial charge is 0.452 e. The van der Waals surface area contributed by atoms with Crippen molar-refractivity contribution in [3.63, 3.8) is 0 Å². The summed E-state index contributed by atoms with van der Waals surface area (Å²) in [5.74, 6) is -1.29. The van der Waals surface area contributed by atoms with Crippen LogP contribution < -0.4 is 10.6 Å². The highest BCUT2D eigenvalue weighted by molar-refractivity contribution is 8.00. The molecule has 0 radical (unpaired) electrons. The van der Waals surface area contributed by atoms with E-state index in [1.165, 1.54) is 23.9 Å². The Morgan fingerprint density at radius 1 is 1.29 bits per heavy atom. The predicted molar refractivity (Wildman–Crippen MR) is 108 cm³/mol. The number of hydrogen-bond acceptors (Lipinski definition) is 6. The van der Waals surface area contributed by atoms with Gasteiger partial charge in [0.1, 0.15) is 0 Å². The van der Waals surface area contributed by atoms with Crippen molar-refractivity contribution < 1.29 is 19.1 Å². The second-order valence-electron chi connectivity index (χ2n) is 5.97. The fourth-order valence-corrected chi connectivity index (χ4v) is 3.70. The van der Waals surface area contributed by atoms with Gasteiger partial charge in [0.25, 0.3) is 5.91 Å². The monoisotopic (exact) mass is 439 g/mol. The number of pyridine rings is 1. The summed E-state index contributed by atoms with van der Waals surface area (Å²) in [4.78, 5) is 41.0. The Kier molecular flexibility index (Phi) is 6.12. The molecule has 1 unspecified atom stereocenters. The van der Waals surface area contributed by atoms with Crippen molar-refractivity contribution >= 4 is 64.3 Å². The number of rotatable bonds is 4. The Labute approximate surface area is 175 Å². The number of thioether (sulfide) groups is 1. The molecule has 0 saturated carbocycles. The number of ether oxygens (including phenoxy) is 1. The van der Waals surface area contributed by atoms with Gasteiger partial charge in [0, 0.05) is 4.90 Å². The number of halogens is 2. The van der Waals surface area contributed by atoms with Crippen LogP contribution in [-0.2, 0) is 14.3 Å². The van der Waals surface area contributed by atoms with E-state index in [4.69, 9.17) is 27.9 Å². The molecule has 1 aromatic heterocycles. The van der Waals surface area contributed by atoms with Crippen LogP contribution >= 0.6 is 35.0 Å². The molecule has 2 heterocycles. The summed E-state index contributed by atoms with van der Waals surface area (Å²) in [6.45, 7) is 2.95. The molecular formula is C18H15Cl2N3O4S. The van der Waals surface area contributed by atoms with Crippen molar-refractivity contribution in [3.05, 3.63) is 45.6 Å². The zero-order chi connectivity index (χ0) is 20.4. The molecule has 0 aliphatic carbocycles. The van der Waals surface area contributed by atoms with Gasteiger partial charge in [0.15, 0.2) is 12.4 Å². The lowest BCUT2D eigenvalue weighted by atomic mass is 10.2. The van der Waals surface area contributed by atoms with Crippen LogP contribution in [-0.4, -0.2) is 34.6 Å². The number of aromatic nitrogens is 1. The van der Waals surface area contributed by atoms with Gasteiger partial charge in [-0.2, -0.15) is 0 Å². The maximum Gasteiger partial charge on any atom is 0.338 e. The maximum atomic E-state index is 12.2. The van der Waals surface area contributed by atoms with Gasteiger partial charge in [-0.3, -0.25) is 9.59 Å². The van der Waals surface area contributed by atoms with Gasteiger partial charge in [-0.05, 0) is 38.1 Å². The number of carbonyl (C=O) groups is 3. The van der Waals surface area contributed by atoms with E-state index in [1.807, 2.05) is 0 Å². The predicted octanol–water partition coefficient (Wildman–Crippen LogP) is 3.93. The highest BCUT2D eigenvalue weighted by Crippen LogP contribution is 2.36. The summed E-state index contributed by atoms with van der Waals surface area (Å²) >= 11 is 13.3. The molecule has 3 rings (SSSR count). The van der Waals surface area contributed by atoms with Gasteiger partial charge in [0.05, 0.1) is 32.2 Å². The van der Waals surface area contributed by atoms with Gasteiger partial charge in [-0.1, -0.05) is 23.2 Å². The van der Waals surface area contributed by atoms with Crippen LogP contribution in [0.2, 0.25) is 10.0 Å². The number of carbonyl (C=O) groups excluding carboxylic acids is 3. The smallest absolute Gasteiger partial charge is 0.338 e. The number of benzene rings is 1. The first-order chi connectivity index (χ1) is 13.2. The summed E-state index contributed by atoms with van der Waals surface area (Å²) in [6.07, 6.45) is 0. The average molecular weight is 440 g/mol. The highest BCUT2D eigenvalue weighted by atomic mass is 35.5. The van der Waals surface area contributed by atoms with Crippen LogP contribution in [0.4, 0.5) is 11.5 Å². The van der Waals surface area contributed by atoms with Crippen molar-refractivity contribution in [3.8, 4) is 0 Å². The first-order valence-corrected chi connectivity index (χ1v) is 9.79. The van der Waals surface area contributed by atoms with E-state index in [0.717, 1.165) is 4.90 Å². The molecule has 0 bridgehead atoms. The Bertz CT molecular complexity index is 984. The molecular weight excluding hydrogens is 425 g/mol. The number of esters is 1. The van der Waals surface area contributed by atoms with Gasteiger partial charge >= 0.3 is 5.97 Å². The molecule has 1 atom stereocenters. The molecule has 0 spiro atoms. The fourth-order valence-electron chi connectivity index (χ4n) is 2.36. The molecule has 2 amide bonds. The zero-order valence-electron chi connectivity index (χ0n) is 14.8. The van der Waals surface area contributed by atoms with Gasteiger partial charge in [-0.15, -0.1) is 11.8 Å². The van der Waals surface area contributed by atoms with Crippen LogP contribution in [0.1, 0.15) is 23.0 Å². The number of anilines is 2. The lowest BCUT2D eigenvalue weighted by Gasteiger charge is -2.21. The molecule has 146 valence electrons. The Balaban J connectivity index is 1.61. The standard InChI is InChI=1S/C18H15Cl2N3O4S/c1-8-11(19)6-12(20)16(21-8)23-15(24)7-27-18(26)10-3-4-14-13(5-10)22-17(25)9(2)28-14/h3-6,9H,7H2,1-2H3,(H,22,25)(H,21,23,24). The van der Waals surface area contributed by atoms with E-state index < -0.39 is 18.5 Å². The van der Waals surface area contributed by atoms with E-state index in [-0.39, 0.29) is 27.6 Å². The molecule has 2 N–H and O–H groups in total. The SMILES string of the molecule is Cc1nc(NC(=O)COC(=O)c2ccc3c(c2)NC(=O)C(C)S3)c(Cl)cc1Cl. The Hall–Kier alpha value is -2.29. The first kappa shape index (κ1) is 20.4. The van der Waals surface area contributed by atoms with Gasteiger partial charge < -0.3 is 15.4 Å². The highest BCUT2D eigenvalue weighted by Gasteiger charge is 2.24. The number of nitrogens with one attached hydrogen (secondary N) is 2. The minimum atomic E-state index is -0.692. The number of aryl methyl sites for hydroxylation is 1. The fraction of sp³-hybridized carbons (Fsp3) is 0.222. The third kappa shape index (κ3) is 4.57. The molecule has 28 heavy (non-hydrogen) atoms. The van der Waals surface area contributed by atoms with Crippen molar-refractivity contribution in [2.45, 2.75) is 24.0 Å². The van der Waals surface area contributed by atoms with E-state index in [0.29, 0.717) is 16.4 Å². The second kappa shape index (κ2) is 8.38. The molecule has 1 aromatic carbocycles. The van der Waals surface area contributed by atoms with Crippen molar-refractivity contribution in [2.75, 3.05) is 17.2 Å². The number of fused-ring (bicyclic) bond motifs is 1. The van der Waals surface area contributed by atoms with Gasteiger partial charge in [-0.25, -0.2) is 9.78 Å². The quantitative estimate of drug-likeness (QED) is 0.700. The van der Waals surface area contributed by atoms with Gasteiger partial charge in [0.2, 0.25) is 5.91 Å². The van der Waals surface area contributed by atoms with Crippen LogP contribution in [0.5, 0.6) is 0 Å². The minimum absolute atomic E-state index is 0.132. The van der Waals surface area contributed by atoms with E-state index in [1.54, 1.807) is 26.0 Å². The second-order valence-corrected chi connectivity index (χ2v) is 8.17. The average Bonchev–Trinajstić information content (AvgIpc) is 2.64. The molecule has 10 heteroatoms. The Morgan fingerprint density at radius 2 is 2.04 bits per heavy atom. The third-order valence-electron chi connectivity index (χ3n) is 3.84. The summed E-state index contributed by atoms with van der Waals surface area (Å²) in [5.41, 5.74) is 1.27. The van der Waals surface area contributed by atoms with E-state index in [9.17, 15) is 14.4 Å². The molecule has 1 aliphatic rings. The lowest BCUT2D eigenvalue weighted by molar-refractivity contribution is -0.119. The maximum absolute atomic E-state index is 12.2. The van der Waals surface area contributed by atoms with Crippen LogP contribution in [0.15, 0.2) is 29.2 Å².